The number of fused-ring (bicyclic) bond motifs is 1. The number of rotatable bonds is 1. The highest BCUT2D eigenvalue weighted by molar-refractivity contribution is 5.33. The van der Waals surface area contributed by atoms with Crippen LogP contribution in [-0.2, 0) is 11.2 Å². The van der Waals surface area contributed by atoms with Crippen LogP contribution in [0.3, 0.4) is 0 Å². The van der Waals surface area contributed by atoms with Gasteiger partial charge in [0.2, 0.25) is 0 Å². The lowest BCUT2D eigenvalue weighted by atomic mass is 9.93. The second-order valence-electron chi connectivity index (χ2n) is 5.43. The van der Waals surface area contributed by atoms with Crippen LogP contribution in [0.2, 0.25) is 0 Å². The molecule has 2 N–H and O–H groups in total. The van der Waals surface area contributed by atoms with Crippen molar-refractivity contribution in [3.8, 4) is 0 Å². The molecule has 1 aromatic heterocycles. The Balaban J connectivity index is 1.98. The third-order valence-corrected chi connectivity index (χ3v) is 4.20. The molecular formula is C14H22N2O. The van der Waals surface area contributed by atoms with Gasteiger partial charge in [-0.3, -0.25) is 0 Å². The van der Waals surface area contributed by atoms with Gasteiger partial charge < -0.3 is 15.0 Å². The van der Waals surface area contributed by atoms with E-state index in [1.165, 1.54) is 42.6 Å². The monoisotopic (exact) mass is 234 g/mol. The molecule has 0 bridgehead atoms. The van der Waals surface area contributed by atoms with Crippen LogP contribution in [-0.4, -0.2) is 17.8 Å². The molecule has 2 atom stereocenters. The van der Waals surface area contributed by atoms with E-state index in [0.29, 0.717) is 6.04 Å². The lowest BCUT2D eigenvalue weighted by Crippen LogP contribution is -2.25. The third kappa shape index (κ3) is 1.91. The largest absolute Gasteiger partial charge is 0.379 e. The van der Waals surface area contributed by atoms with E-state index in [4.69, 9.17) is 10.5 Å². The summed E-state index contributed by atoms with van der Waals surface area (Å²) < 4.78 is 8.13. The number of nitrogens with two attached hydrogens (primary N) is 1. The van der Waals surface area contributed by atoms with Crippen molar-refractivity contribution in [1.82, 2.24) is 4.57 Å². The van der Waals surface area contributed by atoms with Crippen LogP contribution in [0.25, 0.3) is 0 Å². The molecule has 0 aromatic carbocycles. The summed E-state index contributed by atoms with van der Waals surface area (Å²) in [6.07, 6.45) is 5.98. The maximum Gasteiger partial charge on any atom is 0.0673 e. The number of aromatic nitrogens is 1. The first kappa shape index (κ1) is 11.3. The van der Waals surface area contributed by atoms with E-state index in [0.717, 1.165) is 19.6 Å². The van der Waals surface area contributed by atoms with Crippen LogP contribution in [0.4, 0.5) is 0 Å². The Labute approximate surface area is 103 Å². The Morgan fingerprint density at radius 2 is 2.24 bits per heavy atom. The molecule has 2 unspecified atom stereocenters. The van der Waals surface area contributed by atoms with Crippen molar-refractivity contribution in [3.63, 3.8) is 0 Å². The molecule has 1 fully saturated rings. The van der Waals surface area contributed by atoms with Crippen molar-refractivity contribution in [2.24, 2.45) is 5.73 Å². The van der Waals surface area contributed by atoms with Gasteiger partial charge in [-0.15, -0.1) is 0 Å². The summed E-state index contributed by atoms with van der Waals surface area (Å²) >= 11 is 0. The van der Waals surface area contributed by atoms with Crippen molar-refractivity contribution >= 4 is 0 Å². The molecule has 3 heteroatoms. The highest BCUT2D eigenvalue weighted by Crippen LogP contribution is 2.34. The first-order valence-electron chi connectivity index (χ1n) is 6.81. The lowest BCUT2D eigenvalue weighted by Gasteiger charge is -2.29. The van der Waals surface area contributed by atoms with Gasteiger partial charge in [0.05, 0.1) is 12.6 Å². The average molecular weight is 234 g/mol. The Morgan fingerprint density at radius 3 is 3.00 bits per heavy atom. The van der Waals surface area contributed by atoms with E-state index >= 15 is 0 Å². The van der Waals surface area contributed by atoms with Crippen LogP contribution >= 0.6 is 0 Å². The van der Waals surface area contributed by atoms with E-state index in [1.54, 1.807) is 0 Å². The molecule has 1 aliphatic heterocycles. The highest BCUT2D eigenvalue weighted by Gasteiger charge is 2.26. The molecular weight excluding hydrogens is 212 g/mol. The number of hydrogen-bond acceptors (Lipinski definition) is 2. The minimum Gasteiger partial charge on any atom is -0.379 e. The molecule has 0 spiro atoms. The zero-order valence-corrected chi connectivity index (χ0v) is 10.6. The summed E-state index contributed by atoms with van der Waals surface area (Å²) in [4.78, 5) is 0. The minimum atomic E-state index is 0.253. The summed E-state index contributed by atoms with van der Waals surface area (Å²) in [5, 5.41) is 0. The fraction of sp³-hybridized carbons (Fsp3) is 0.714. The fourth-order valence-electron chi connectivity index (χ4n) is 3.40. The van der Waals surface area contributed by atoms with E-state index in [9.17, 15) is 0 Å². The summed E-state index contributed by atoms with van der Waals surface area (Å²) in [5.74, 6) is 0. The van der Waals surface area contributed by atoms with E-state index in [-0.39, 0.29) is 6.04 Å². The Hall–Kier alpha value is -0.800. The first-order valence-corrected chi connectivity index (χ1v) is 6.81. The minimum absolute atomic E-state index is 0.253. The van der Waals surface area contributed by atoms with E-state index in [1.807, 2.05) is 0 Å². The Kier molecular flexibility index (Phi) is 2.97. The summed E-state index contributed by atoms with van der Waals surface area (Å²) in [7, 11) is 0. The van der Waals surface area contributed by atoms with Gasteiger partial charge in [0.15, 0.2) is 0 Å². The zero-order valence-electron chi connectivity index (χ0n) is 10.6. The van der Waals surface area contributed by atoms with Gasteiger partial charge in [0.25, 0.3) is 0 Å². The molecule has 3 rings (SSSR count). The van der Waals surface area contributed by atoms with Crippen molar-refractivity contribution in [2.75, 3.05) is 13.2 Å². The summed E-state index contributed by atoms with van der Waals surface area (Å²) in [6, 6.07) is 3.09. The third-order valence-electron chi connectivity index (χ3n) is 4.20. The highest BCUT2D eigenvalue weighted by atomic mass is 16.5. The van der Waals surface area contributed by atoms with E-state index in [2.05, 4.69) is 17.6 Å². The second-order valence-corrected chi connectivity index (χ2v) is 5.43. The van der Waals surface area contributed by atoms with Crippen LogP contribution in [0.15, 0.2) is 6.07 Å². The van der Waals surface area contributed by atoms with Gasteiger partial charge >= 0.3 is 0 Å². The second kappa shape index (κ2) is 4.46. The molecule has 0 saturated carbocycles. The predicted octanol–water partition coefficient (Wildman–Crippen LogP) is 2.48. The molecule has 17 heavy (non-hydrogen) atoms. The smallest absolute Gasteiger partial charge is 0.0673 e. The van der Waals surface area contributed by atoms with Gasteiger partial charge in [-0.1, -0.05) is 0 Å². The zero-order chi connectivity index (χ0) is 11.8. The lowest BCUT2D eigenvalue weighted by molar-refractivity contribution is 0.0576. The van der Waals surface area contributed by atoms with Crippen LogP contribution in [0.5, 0.6) is 0 Å². The first-order chi connectivity index (χ1) is 8.27. The van der Waals surface area contributed by atoms with E-state index < -0.39 is 0 Å². The van der Waals surface area contributed by atoms with Gasteiger partial charge in [0, 0.05) is 24.0 Å². The van der Waals surface area contributed by atoms with Gasteiger partial charge in [-0.05, 0) is 50.7 Å². The number of ether oxygens (including phenoxy) is 1. The Bertz CT molecular complexity index is 405. The maximum atomic E-state index is 6.21. The number of nitrogens with zero attached hydrogens (tertiary/aromatic N) is 1. The van der Waals surface area contributed by atoms with Gasteiger partial charge in [-0.2, -0.15) is 0 Å². The average Bonchev–Trinajstić information content (AvgIpc) is 2.68. The van der Waals surface area contributed by atoms with Crippen LogP contribution in [0.1, 0.15) is 54.7 Å². The standard InChI is InChI=1S/C14H22N2O/c1-10-8-12-13(15)5-2-6-14(12)16(10)11-4-3-7-17-9-11/h8,11,13H,2-7,9,15H2,1H3. The molecule has 2 aliphatic rings. The molecule has 0 radical (unpaired) electrons. The maximum absolute atomic E-state index is 6.21. The normalized spacial score (nSPS) is 29.1. The summed E-state index contributed by atoms with van der Waals surface area (Å²) in [6.45, 7) is 4.01. The van der Waals surface area contributed by atoms with Crippen molar-refractivity contribution < 1.29 is 4.74 Å². The summed E-state index contributed by atoms with van der Waals surface area (Å²) in [5.41, 5.74) is 10.4. The number of aryl methyl sites for hydroxylation is 1. The van der Waals surface area contributed by atoms with Crippen LogP contribution in [0, 0.1) is 6.92 Å². The predicted molar refractivity (Wildman–Crippen MR) is 68.1 cm³/mol. The van der Waals surface area contributed by atoms with Gasteiger partial charge in [0.1, 0.15) is 0 Å². The van der Waals surface area contributed by atoms with Crippen molar-refractivity contribution in [1.29, 1.82) is 0 Å². The molecule has 3 nitrogen and oxygen atoms in total. The molecule has 1 aromatic rings. The topological polar surface area (TPSA) is 40.2 Å². The molecule has 1 aliphatic carbocycles. The quantitative estimate of drug-likeness (QED) is 0.811. The number of hydrogen-bond donors (Lipinski definition) is 1. The fourth-order valence-corrected chi connectivity index (χ4v) is 3.40. The Morgan fingerprint density at radius 1 is 1.35 bits per heavy atom. The molecule has 94 valence electrons. The molecule has 0 amide bonds. The SMILES string of the molecule is Cc1cc2c(n1C1CCCOC1)CCCC2N. The van der Waals surface area contributed by atoms with Crippen molar-refractivity contribution in [2.45, 2.75) is 51.1 Å². The molecule has 2 heterocycles. The molecule has 1 saturated heterocycles. The van der Waals surface area contributed by atoms with Crippen molar-refractivity contribution in [3.05, 3.63) is 23.0 Å². The van der Waals surface area contributed by atoms with Gasteiger partial charge in [-0.25, -0.2) is 0 Å². The van der Waals surface area contributed by atoms with Crippen LogP contribution < -0.4 is 5.73 Å².